The second-order valence-corrected chi connectivity index (χ2v) is 5.99. The predicted octanol–water partition coefficient (Wildman–Crippen LogP) is 4.35. The van der Waals surface area contributed by atoms with E-state index in [1.165, 1.54) is 22.3 Å². The summed E-state index contributed by atoms with van der Waals surface area (Å²) in [6, 6.07) is 18.9. The molecule has 0 fully saturated rings. The normalized spacial score (nSPS) is 23.4. The Morgan fingerprint density at radius 2 is 1.77 bits per heavy atom. The highest BCUT2D eigenvalue weighted by Crippen LogP contribution is 2.37. The first-order chi connectivity index (χ1) is 10.9. The first-order valence-corrected chi connectivity index (χ1v) is 7.97. The molecular formula is C20H20O2. The molecule has 0 N–H and O–H groups in total. The Kier molecular flexibility index (Phi) is 3.79. The quantitative estimate of drug-likeness (QED) is 0.837. The summed E-state index contributed by atoms with van der Waals surface area (Å²) in [5.74, 6) is 0. The standard InChI is InChI=1S/C20H20O2/c1-2-6-15(7-3-1)13-21-17-10-11-20-19(12-17)18-9-5-4-8-16(18)14-22-20/h1-9,12,17,20H,10-11,13-14H2/t17-,20+/m1/s1. The maximum absolute atomic E-state index is 6.10. The molecular weight excluding hydrogens is 272 g/mol. The summed E-state index contributed by atoms with van der Waals surface area (Å²) in [6.45, 7) is 1.40. The Bertz CT molecular complexity index is 675. The third kappa shape index (κ3) is 2.72. The van der Waals surface area contributed by atoms with Crippen molar-refractivity contribution >= 4 is 5.57 Å². The third-order valence-electron chi connectivity index (χ3n) is 4.50. The van der Waals surface area contributed by atoms with Crippen LogP contribution in [0.2, 0.25) is 0 Å². The maximum atomic E-state index is 6.10. The Hall–Kier alpha value is -1.90. The molecule has 0 unspecified atom stereocenters. The van der Waals surface area contributed by atoms with E-state index in [-0.39, 0.29) is 12.2 Å². The highest BCUT2D eigenvalue weighted by atomic mass is 16.5. The van der Waals surface area contributed by atoms with Crippen molar-refractivity contribution < 1.29 is 9.47 Å². The van der Waals surface area contributed by atoms with Gasteiger partial charge in [0.2, 0.25) is 0 Å². The van der Waals surface area contributed by atoms with Gasteiger partial charge >= 0.3 is 0 Å². The fraction of sp³-hybridized carbons (Fsp3) is 0.300. The van der Waals surface area contributed by atoms with Crippen LogP contribution in [0.15, 0.2) is 60.7 Å². The number of rotatable bonds is 3. The van der Waals surface area contributed by atoms with Crippen LogP contribution in [0.25, 0.3) is 5.57 Å². The first kappa shape index (κ1) is 13.7. The predicted molar refractivity (Wildman–Crippen MR) is 87.2 cm³/mol. The second kappa shape index (κ2) is 6.07. The highest BCUT2D eigenvalue weighted by molar-refractivity contribution is 5.73. The molecule has 2 aliphatic rings. The number of fused-ring (bicyclic) bond motifs is 3. The zero-order valence-corrected chi connectivity index (χ0v) is 12.6. The van der Waals surface area contributed by atoms with Gasteiger partial charge in [-0.3, -0.25) is 0 Å². The molecule has 0 amide bonds. The van der Waals surface area contributed by atoms with E-state index in [9.17, 15) is 0 Å². The van der Waals surface area contributed by atoms with Crippen molar-refractivity contribution in [3.05, 3.63) is 77.4 Å². The van der Waals surface area contributed by atoms with Gasteiger partial charge in [0.1, 0.15) is 0 Å². The minimum atomic E-state index is 0.182. The van der Waals surface area contributed by atoms with E-state index in [0.29, 0.717) is 6.61 Å². The zero-order chi connectivity index (χ0) is 14.8. The molecule has 0 radical (unpaired) electrons. The number of hydrogen-bond donors (Lipinski definition) is 0. The molecule has 112 valence electrons. The van der Waals surface area contributed by atoms with Crippen LogP contribution in [0.3, 0.4) is 0 Å². The molecule has 0 aromatic heterocycles. The average molecular weight is 292 g/mol. The van der Waals surface area contributed by atoms with Crippen LogP contribution in [-0.4, -0.2) is 12.2 Å². The van der Waals surface area contributed by atoms with Crippen LogP contribution in [0.4, 0.5) is 0 Å². The van der Waals surface area contributed by atoms with Crippen LogP contribution in [0.5, 0.6) is 0 Å². The molecule has 4 rings (SSSR count). The minimum absolute atomic E-state index is 0.182. The van der Waals surface area contributed by atoms with E-state index in [1.807, 2.05) is 6.07 Å². The van der Waals surface area contributed by atoms with E-state index < -0.39 is 0 Å². The molecule has 1 aliphatic heterocycles. The molecule has 0 saturated heterocycles. The molecule has 1 aliphatic carbocycles. The van der Waals surface area contributed by atoms with E-state index in [4.69, 9.17) is 9.47 Å². The molecule has 22 heavy (non-hydrogen) atoms. The SMILES string of the molecule is C1=C2c3ccccc3CO[C@H]2CC[C@H]1OCc1ccccc1. The van der Waals surface area contributed by atoms with E-state index in [1.54, 1.807) is 0 Å². The fourth-order valence-electron chi connectivity index (χ4n) is 3.33. The summed E-state index contributed by atoms with van der Waals surface area (Å²) in [4.78, 5) is 0. The van der Waals surface area contributed by atoms with Gasteiger partial charge in [0, 0.05) is 0 Å². The van der Waals surface area contributed by atoms with Gasteiger partial charge in [-0.15, -0.1) is 0 Å². The smallest absolute Gasteiger partial charge is 0.0834 e. The molecule has 0 spiro atoms. The summed E-state index contributed by atoms with van der Waals surface area (Å²) in [5, 5.41) is 0. The van der Waals surface area contributed by atoms with Gasteiger partial charge in [0.25, 0.3) is 0 Å². The van der Waals surface area contributed by atoms with Crippen LogP contribution in [-0.2, 0) is 22.7 Å². The van der Waals surface area contributed by atoms with Crippen molar-refractivity contribution in [1.82, 2.24) is 0 Å². The van der Waals surface area contributed by atoms with E-state index >= 15 is 0 Å². The molecule has 1 heterocycles. The van der Waals surface area contributed by atoms with Gasteiger partial charge in [-0.05, 0) is 41.2 Å². The Balaban J connectivity index is 1.53. The lowest BCUT2D eigenvalue weighted by Crippen LogP contribution is -2.28. The Labute approximate surface area is 131 Å². The second-order valence-electron chi connectivity index (χ2n) is 5.99. The molecule has 2 heteroatoms. The number of benzene rings is 2. The lowest BCUT2D eigenvalue weighted by molar-refractivity contribution is 0.0230. The maximum Gasteiger partial charge on any atom is 0.0834 e. The third-order valence-corrected chi connectivity index (χ3v) is 4.50. The van der Waals surface area contributed by atoms with Crippen LogP contribution in [0.1, 0.15) is 29.5 Å². The van der Waals surface area contributed by atoms with Gasteiger partial charge in [-0.2, -0.15) is 0 Å². The zero-order valence-electron chi connectivity index (χ0n) is 12.6. The van der Waals surface area contributed by atoms with Crippen molar-refractivity contribution in [3.8, 4) is 0 Å². The van der Waals surface area contributed by atoms with E-state index in [2.05, 4.69) is 54.6 Å². The van der Waals surface area contributed by atoms with E-state index in [0.717, 1.165) is 19.4 Å². The van der Waals surface area contributed by atoms with Crippen LogP contribution >= 0.6 is 0 Å². The van der Waals surface area contributed by atoms with Crippen molar-refractivity contribution in [2.45, 2.75) is 38.3 Å². The van der Waals surface area contributed by atoms with Crippen LogP contribution < -0.4 is 0 Å². The molecule has 2 nitrogen and oxygen atoms in total. The molecule has 2 aromatic rings. The van der Waals surface area contributed by atoms with Crippen molar-refractivity contribution in [2.75, 3.05) is 0 Å². The molecule has 2 aromatic carbocycles. The summed E-state index contributed by atoms with van der Waals surface area (Å²) >= 11 is 0. The Morgan fingerprint density at radius 1 is 0.955 bits per heavy atom. The largest absolute Gasteiger partial charge is 0.369 e. The van der Waals surface area contributed by atoms with Gasteiger partial charge in [0.05, 0.1) is 25.4 Å². The number of hydrogen-bond acceptors (Lipinski definition) is 2. The van der Waals surface area contributed by atoms with Gasteiger partial charge in [-0.1, -0.05) is 54.6 Å². The summed E-state index contributed by atoms with van der Waals surface area (Å²) in [5.41, 5.74) is 5.16. The van der Waals surface area contributed by atoms with Crippen molar-refractivity contribution in [3.63, 3.8) is 0 Å². The van der Waals surface area contributed by atoms with Gasteiger partial charge < -0.3 is 9.47 Å². The highest BCUT2D eigenvalue weighted by Gasteiger charge is 2.29. The molecule has 0 saturated carbocycles. The average Bonchev–Trinajstić information content (AvgIpc) is 2.60. The summed E-state index contributed by atoms with van der Waals surface area (Å²) in [7, 11) is 0. The Morgan fingerprint density at radius 3 is 2.68 bits per heavy atom. The van der Waals surface area contributed by atoms with Crippen molar-refractivity contribution in [2.24, 2.45) is 0 Å². The van der Waals surface area contributed by atoms with Gasteiger partial charge in [-0.25, -0.2) is 0 Å². The summed E-state index contributed by atoms with van der Waals surface area (Å²) < 4.78 is 12.1. The molecule has 0 bridgehead atoms. The lowest BCUT2D eigenvalue weighted by Gasteiger charge is -2.33. The fourth-order valence-corrected chi connectivity index (χ4v) is 3.33. The topological polar surface area (TPSA) is 18.5 Å². The first-order valence-electron chi connectivity index (χ1n) is 7.97. The molecule has 2 atom stereocenters. The van der Waals surface area contributed by atoms with Crippen LogP contribution in [0, 0.1) is 0 Å². The summed E-state index contributed by atoms with van der Waals surface area (Å²) in [6.07, 6.45) is 4.77. The lowest BCUT2D eigenvalue weighted by atomic mass is 9.85. The monoisotopic (exact) mass is 292 g/mol. The number of ether oxygens (including phenoxy) is 2. The van der Waals surface area contributed by atoms with Gasteiger partial charge in [0.15, 0.2) is 0 Å². The van der Waals surface area contributed by atoms with Crippen molar-refractivity contribution in [1.29, 1.82) is 0 Å². The minimum Gasteiger partial charge on any atom is -0.369 e.